The van der Waals surface area contributed by atoms with E-state index in [9.17, 15) is 9.59 Å². The second-order valence-electron chi connectivity index (χ2n) is 4.74. The monoisotopic (exact) mass is 227 g/mol. The number of carbonyl (C=O) groups is 2. The SMILES string of the molecule is COC(=O)C1CCC2CN(C(=O)O)CC2C1. The van der Waals surface area contributed by atoms with Gasteiger partial charge in [-0.25, -0.2) is 4.79 Å². The number of ether oxygens (including phenoxy) is 1. The molecule has 1 aliphatic carbocycles. The van der Waals surface area contributed by atoms with Crippen molar-refractivity contribution in [2.24, 2.45) is 17.8 Å². The average Bonchev–Trinajstić information content (AvgIpc) is 2.70. The normalized spacial score (nSPS) is 33.3. The molecule has 0 bridgehead atoms. The van der Waals surface area contributed by atoms with E-state index < -0.39 is 6.09 Å². The molecule has 0 aromatic carbocycles. The van der Waals surface area contributed by atoms with Crippen LogP contribution in [0.2, 0.25) is 0 Å². The fourth-order valence-electron chi connectivity index (χ4n) is 2.97. The van der Waals surface area contributed by atoms with Crippen molar-refractivity contribution < 1.29 is 19.4 Å². The zero-order chi connectivity index (χ0) is 11.7. The number of likely N-dealkylation sites (tertiary alicyclic amines) is 1. The van der Waals surface area contributed by atoms with Gasteiger partial charge in [-0.1, -0.05) is 0 Å². The first-order chi connectivity index (χ1) is 7.61. The molecule has 1 N–H and O–H groups in total. The molecule has 0 aromatic rings. The van der Waals surface area contributed by atoms with Gasteiger partial charge >= 0.3 is 12.1 Å². The molecule has 1 saturated heterocycles. The van der Waals surface area contributed by atoms with Crippen molar-refractivity contribution >= 4 is 12.1 Å². The number of carbonyl (C=O) groups excluding carboxylic acids is 1. The highest BCUT2D eigenvalue weighted by Crippen LogP contribution is 2.39. The highest BCUT2D eigenvalue weighted by Gasteiger charge is 2.41. The van der Waals surface area contributed by atoms with Crippen LogP contribution in [0.25, 0.3) is 0 Å². The van der Waals surface area contributed by atoms with Gasteiger partial charge in [0.1, 0.15) is 0 Å². The van der Waals surface area contributed by atoms with Crippen LogP contribution in [0.15, 0.2) is 0 Å². The largest absolute Gasteiger partial charge is 0.469 e. The Morgan fingerprint density at radius 3 is 2.56 bits per heavy atom. The maximum absolute atomic E-state index is 11.4. The number of esters is 1. The van der Waals surface area contributed by atoms with E-state index in [1.54, 1.807) is 0 Å². The number of rotatable bonds is 1. The summed E-state index contributed by atoms with van der Waals surface area (Å²) in [6.45, 7) is 1.21. The summed E-state index contributed by atoms with van der Waals surface area (Å²) in [6.07, 6.45) is 1.71. The fourth-order valence-corrected chi connectivity index (χ4v) is 2.97. The van der Waals surface area contributed by atoms with E-state index in [0.717, 1.165) is 19.3 Å². The van der Waals surface area contributed by atoms with Crippen LogP contribution in [0.3, 0.4) is 0 Å². The van der Waals surface area contributed by atoms with Crippen molar-refractivity contribution in [1.82, 2.24) is 4.90 Å². The van der Waals surface area contributed by atoms with Crippen LogP contribution in [0.5, 0.6) is 0 Å². The summed E-state index contributed by atoms with van der Waals surface area (Å²) in [5.41, 5.74) is 0. The average molecular weight is 227 g/mol. The first kappa shape index (κ1) is 11.2. The zero-order valence-electron chi connectivity index (χ0n) is 9.39. The summed E-state index contributed by atoms with van der Waals surface area (Å²) in [6, 6.07) is 0. The first-order valence-corrected chi connectivity index (χ1v) is 5.67. The molecule has 5 heteroatoms. The summed E-state index contributed by atoms with van der Waals surface area (Å²) in [7, 11) is 1.41. The molecular weight excluding hydrogens is 210 g/mol. The van der Waals surface area contributed by atoms with Crippen molar-refractivity contribution in [1.29, 1.82) is 0 Å². The Labute approximate surface area is 94.4 Å². The van der Waals surface area contributed by atoms with Gasteiger partial charge in [0.25, 0.3) is 0 Å². The van der Waals surface area contributed by atoms with Gasteiger partial charge in [-0.05, 0) is 31.1 Å². The number of nitrogens with zero attached hydrogens (tertiary/aromatic N) is 1. The molecule has 0 spiro atoms. The lowest BCUT2D eigenvalue weighted by Crippen LogP contribution is -2.29. The van der Waals surface area contributed by atoms with Crippen molar-refractivity contribution in [3.05, 3.63) is 0 Å². The molecule has 2 rings (SSSR count). The number of hydrogen-bond acceptors (Lipinski definition) is 3. The molecule has 16 heavy (non-hydrogen) atoms. The molecule has 3 atom stereocenters. The number of amides is 1. The van der Waals surface area contributed by atoms with Crippen LogP contribution < -0.4 is 0 Å². The summed E-state index contributed by atoms with van der Waals surface area (Å²) < 4.78 is 4.74. The van der Waals surface area contributed by atoms with Gasteiger partial charge in [0, 0.05) is 13.1 Å². The lowest BCUT2D eigenvalue weighted by molar-refractivity contribution is -0.147. The van der Waals surface area contributed by atoms with Crippen LogP contribution in [0, 0.1) is 17.8 Å². The first-order valence-electron chi connectivity index (χ1n) is 5.67. The lowest BCUT2D eigenvalue weighted by atomic mass is 9.76. The van der Waals surface area contributed by atoms with Gasteiger partial charge in [0.05, 0.1) is 13.0 Å². The Kier molecular flexibility index (Phi) is 3.03. The zero-order valence-corrected chi connectivity index (χ0v) is 9.39. The van der Waals surface area contributed by atoms with Gasteiger partial charge < -0.3 is 14.7 Å². The summed E-state index contributed by atoms with van der Waals surface area (Å²) in [5, 5.41) is 8.92. The van der Waals surface area contributed by atoms with E-state index in [1.807, 2.05) is 0 Å². The molecule has 5 nitrogen and oxygen atoms in total. The number of carboxylic acid groups (broad SMARTS) is 1. The molecule has 2 aliphatic rings. The third kappa shape index (κ3) is 1.99. The number of methoxy groups -OCH3 is 1. The molecule has 90 valence electrons. The Hall–Kier alpha value is -1.26. The topological polar surface area (TPSA) is 66.8 Å². The summed E-state index contributed by atoms with van der Waals surface area (Å²) in [5.74, 6) is 0.609. The Balaban J connectivity index is 1.96. The standard InChI is InChI=1S/C11H17NO4/c1-16-10(13)7-2-3-8-5-12(11(14)15)6-9(8)4-7/h7-9H,2-6H2,1H3,(H,14,15). The highest BCUT2D eigenvalue weighted by molar-refractivity contribution is 5.72. The molecule has 1 aliphatic heterocycles. The molecule has 0 aromatic heterocycles. The quantitative estimate of drug-likeness (QED) is 0.683. The third-order valence-corrected chi connectivity index (χ3v) is 3.85. The molecule has 1 saturated carbocycles. The van der Waals surface area contributed by atoms with Gasteiger partial charge in [-0.2, -0.15) is 0 Å². The Morgan fingerprint density at radius 2 is 1.94 bits per heavy atom. The van der Waals surface area contributed by atoms with Gasteiger partial charge in [-0.15, -0.1) is 0 Å². The second kappa shape index (κ2) is 4.31. The van der Waals surface area contributed by atoms with Crippen LogP contribution in [0.1, 0.15) is 19.3 Å². The second-order valence-corrected chi connectivity index (χ2v) is 4.74. The minimum absolute atomic E-state index is 0.0278. The molecule has 2 fully saturated rings. The predicted molar refractivity (Wildman–Crippen MR) is 55.9 cm³/mol. The molecule has 3 unspecified atom stereocenters. The number of fused-ring (bicyclic) bond motifs is 1. The van der Waals surface area contributed by atoms with Crippen molar-refractivity contribution in [3.8, 4) is 0 Å². The predicted octanol–water partition coefficient (Wildman–Crippen LogP) is 1.19. The van der Waals surface area contributed by atoms with Crippen LogP contribution in [0.4, 0.5) is 4.79 Å². The molecule has 0 radical (unpaired) electrons. The lowest BCUT2D eigenvalue weighted by Gasteiger charge is -2.28. The van der Waals surface area contributed by atoms with Crippen LogP contribution in [-0.4, -0.2) is 42.3 Å². The third-order valence-electron chi connectivity index (χ3n) is 3.85. The van der Waals surface area contributed by atoms with Crippen molar-refractivity contribution in [3.63, 3.8) is 0 Å². The van der Waals surface area contributed by atoms with Gasteiger partial charge in [0.15, 0.2) is 0 Å². The van der Waals surface area contributed by atoms with Crippen molar-refractivity contribution in [2.45, 2.75) is 19.3 Å². The Bertz CT molecular complexity index is 304. The number of hydrogen-bond donors (Lipinski definition) is 1. The van der Waals surface area contributed by atoms with E-state index in [1.165, 1.54) is 12.0 Å². The van der Waals surface area contributed by atoms with Gasteiger partial charge in [0.2, 0.25) is 0 Å². The van der Waals surface area contributed by atoms with Crippen LogP contribution in [-0.2, 0) is 9.53 Å². The maximum atomic E-state index is 11.4. The molecule has 1 heterocycles. The summed E-state index contributed by atoms with van der Waals surface area (Å²) >= 11 is 0. The van der Waals surface area contributed by atoms with Crippen molar-refractivity contribution in [2.75, 3.05) is 20.2 Å². The fraction of sp³-hybridized carbons (Fsp3) is 0.818. The molecule has 1 amide bonds. The van der Waals surface area contributed by atoms with Crippen LogP contribution >= 0.6 is 0 Å². The Morgan fingerprint density at radius 1 is 1.25 bits per heavy atom. The van der Waals surface area contributed by atoms with Gasteiger partial charge in [-0.3, -0.25) is 4.79 Å². The maximum Gasteiger partial charge on any atom is 0.407 e. The van der Waals surface area contributed by atoms with E-state index in [-0.39, 0.29) is 11.9 Å². The minimum atomic E-state index is -0.844. The smallest absolute Gasteiger partial charge is 0.407 e. The summed E-state index contributed by atoms with van der Waals surface area (Å²) in [4.78, 5) is 23.7. The van der Waals surface area contributed by atoms with E-state index in [0.29, 0.717) is 24.9 Å². The molecular formula is C11H17NO4. The minimum Gasteiger partial charge on any atom is -0.469 e. The van der Waals surface area contributed by atoms with E-state index >= 15 is 0 Å². The van der Waals surface area contributed by atoms with E-state index in [2.05, 4.69) is 0 Å². The highest BCUT2D eigenvalue weighted by atomic mass is 16.5. The van der Waals surface area contributed by atoms with E-state index in [4.69, 9.17) is 9.84 Å².